The number of aliphatic hydroxyl groups excluding tert-OH is 1. The van der Waals surface area contributed by atoms with Crippen molar-refractivity contribution in [3.63, 3.8) is 0 Å². The molecule has 0 aliphatic carbocycles. The Morgan fingerprint density at radius 3 is 2.63 bits per heavy atom. The van der Waals surface area contributed by atoms with E-state index in [9.17, 15) is 18.0 Å². The summed E-state index contributed by atoms with van der Waals surface area (Å²) >= 11 is 0. The second-order valence-corrected chi connectivity index (χ2v) is 3.76. The molecule has 0 aromatic heterocycles. The Morgan fingerprint density at radius 2 is 2.11 bits per heavy atom. The number of carbonyl (C=O) groups excluding carboxylic acids is 1. The van der Waals surface area contributed by atoms with Gasteiger partial charge in [0.05, 0.1) is 25.2 Å². The Labute approximate surface area is 108 Å². The highest BCUT2D eigenvalue weighted by atomic mass is 19.4. The van der Waals surface area contributed by atoms with Gasteiger partial charge in [-0.3, -0.25) is 4.79 Å². The number of amides is 1. The molecular weight excluding hydrogens is 263 g/mol. The van der Waals surface area contributed by atoms with Crippen LogP contribution in [0.25, 0.3) is 0 Å². The zero-order valence-corrected chi connectivity index (χ0v) is 10.3. The van der Waals surface area contributed by atoms with Gasteiger partial charge in [-0.2, -0.15) is 13.2 Å². The number of hydrogen-bond acceptors (Lipinski definition) is 3. The highest BCUT2D eigenvalue weighted by Crippen LogP contribution is 2.36. The Balaban J connectivity index is 2.85. The molecule has 1 amide bonds. The first-order valence-electron chi connectivity index (χ1n) is 5.53. The molecule has 0 bridgehead atoms. The average molecular weight is 277 g/mol. The summed E-state index contributed by atoms with van der Waals surface area (Å²) < 4.78 is 43.3. The second kappa shape index (κ2) is 6.42. The number of halogens is 3. The Kier molecular flexibility index (Phi) is 5.17. The highest BCUT2D eigenvalue weighted by molar-refractivity contribution is 5.75. The molecule has 1 aromatic rings. The summed E-state index contributed by atoms with van der Waals surface area (Å²) in [5.41, 5.74) is -0.818. The molecule has 0 atom stereocenters. The van der Waals surface area contributed by atoms with E-state index >= 15 is 0 Å². The van der Waals surface area contributed by atoms with E-state index in [0.29, 0.717) is 0 Å². The van der Waals surface area contributed by atoms with E-state index in [0.717, 1.165) is 12.1 Å². The van der Waals surface area contributed by atoms with Gasteiger partial charge in [-0.25, -0.2) is 0 Å². The molecule has 0 unspecified atom stereocenters. The SMILES string of the molecule is CNC(=O)CCOc1ccc(CO)cc1C(F)(F)F. The summed E-state index contributed by atoms with van der Waals surface area (Å²) in [6.45, 7) is -0.636. The third-order valence-electron chi connectivity index (χ3n) is 2.40. The van der Waals surface area contributed by atoms with Gasteiger partial charge in [-0.05, 0) is 17.7 Å². The van der Waals surface area contributed by atoms with Crippen molar-refractivity contribution in [3.8, 4) is 5.75 Å². The minimum Gasteiger partial charge on any atom is -0.492 e. The van der Waals surface area contributed by atoms with Crippen molar-refractivity contribution in [2.45, 2.75) is 19.2 Å². The van der Waals surface area contributed by atoms with Gasteiger partial charge in [0.25, 0.3) is 0 Å². The van der Waals surface area contributed by atoms with Gasteiger partial charge in [-0.15, -0.1) is 0 Å². The van der Waals surface area contributed by atoms with E-state index in [1.807, 2.05) is 0 Å². The average Bonchev–Trinajstić information content (AvgIpc) is 2.37. The first kappa shape index (κ1) is 15.3. The van der Waals surface area contributed by atoms with Crippen LogP contribution in [0.2, 0.25) is 0 Å². The monoisotopic (exact) mass is 277 g/mol. The lowest BCUT2D eigenvalue weighted by atomic mass is 10.1. The lowest BCUT2D eigenvalue weighted by Crippen LogP contribution is -2.20. The fraction of sp³-hybridized carbons (Fsp3) is 0.417. The fourth-order valence-electron chi connectivity index (χ4n) is 1.40. The summed E-state index contributed by atoms with van der Waals surface area (Å²) in [6.07, 6.45) is -4.61. The molecule has 0 radical (unpaired) electrons. The number of alkyl halides is 3. The van der Waals surface area contributed by atoms with Crippen molar-refractivity contribution in [2.24, 2.45) is 0 Å². The third-order valence-corrected chi connectivity index (χ3v) is 2.40. The Morgan fingerprint density at radius 1 is 1.42 bits per heavy atom. The molecule has 2 N–H and O–H groups in total. The Hall–Kier alpha value is -1.76. The number of nitrogens with one attached hydrogen (secondary N) is 1. The molecule has 1 rings (SSSR count). The lowest BCUT2D eigenvalue weighted by molar-refractivity contribution is -0.139. The number of rotatable bonds is 5. The standard InChI is InChI=1S/C12H14F3NO3/c1-16-11(18)4-5-19-10-3-2-8(7-17)6-9(10)12(13,14)15/h2-3,6,17H,4-5,7H2,1H3,(H,16,18). The minimum absolute atomic E-state index is 0.0322. The van der Waals surface area contributed by atoms with Crippen molar-refractivity contribution in [1.82, 2.24) is 5.32 Å². The third kappa shape index (κ3) is 4.44. The maximum Gasteiger partial charge on any atom is 0.419 e. The predicted molar refractivity (Wildman–Crippen MR) is 61.5 cm³/mol. The van der Waals surface area contributed by atoms with E-state index in [1.54, 1.807) is 0 Å². The van der Waals surface area contributed by atoms with Crippen molar-refractivity contribution in [1.29, 1.82) is 0 Å². The number of benzene rings is 1. The van der Waals surface area contributed by atoms with Gasteiger partial charge in [0.1, 0.15) is 5.75 Å². The molecule has 7 heteroatoms. The van der Waals surface area contributed by atoms with Crippen LogP contribution in [-0.4, -0.2) is 24.7 Å². The van der Waals surface area contributed by atoms with E-state index < -0.39 is 18.3 Å². The van der Waals surface area contributed by atoms with Crippen LogP contribution in [0.4, 0.5) is 13.2 Å². The number of aliphatic hydroxyl groups is 1. The molecule has 4 nitrogen and oxygen atoms in total. The quantitative estimate of drug-likeness (QED) is 0.861. The van der Waals surface area contributed by atoms with Crippen molar-refractivity contribution in [3.05, 3.63) is 29.3 Å². The molecule has 0 aliphatic heterocycles. The van der Waals surface area contributed by atoms with Gasteiger partial charge >= 0.3 is 6.18 Å². The molecule has 0 spiro atoms. The maximum atomic E-state index is 12.8. The molecule has 0 fully saturated rings. The Bertz CT molecular complexity index is 446. The van der Waals surface area contributed by atoms with Gasteiger partial charge < -0.3 is 15.2 Å². The molecule has 0 heterocycles. The van der Waals surface area contributed by atoms with Crippen molar-refractivity contribution in [2.75, 3.05) is 13.7 Å². The van der Waals surface area contributed by atoms with Crippen LogP contribution in [-0.2, 0) is 17.6 Å². The first-order valence-corrected chi connectivity index (χ1v) is 5.53. The number of ether oxygens (including phenoxy) is 1. The summed E-state index contributed by atoms with van der Waals surface area (Å²) in [4.78, 5) is 10.9. The summed E-state index contributed by atoms with van der Waals surface area (Å²) in [6, 6.07) is 3.30. The topological polar surface area (TPSA) is 58.6 Å². The van der Waals surface area contributed by atoms with Crippen molar-refractivity contribution >= 4 is 5.91 Å². The number of hydrogen-bond donors (Lipinski definition) is 2. The van der Waals surface area contributed by atoms with E-state index in [-0.39, 0.29) is 30.2 Å². The molecule has 19 heavy (non-hydrogen) atoms. The van der Waals surface area contributed by atoms with E-state index in [1.165, 1.54) is 13.1 Å². The first-order chi connectivity index (χ1) is 8.88. The lowest BCUT2D eigenvalue weighted by Gasteiger charge is -2.14. The fourth-order valence-corrected chi connectivity index (χ4v) is 1.40. The summed E-state index contributed by atoms with van der Waals surface area (Å²) in [5.74, 6) is -0.672. The van der Waals surface area contributed by atoms with Gasteiger partial charge in [0.15, 0.2) is 0 Å². The van der Waals surface area contributed by atoms with E-state index in [2.05, 4.69) is 5.32 Å². The smallest absolute Gasteiger partial charge is 0.419 e. The highest BCUT2D eigenvalue weighted by Gasteiger charge is 2.34. The normalized spacial score (nSPS) is 11.2. The van der Waals surface area contributed by atoms with Crippen LogP contribution in [0.15, 0.2) is 18.2 Å². The van der Waals surface area contributed by atoms with E-state index in [4.69, 9.17) is 9.84 Å². The van der Waals surface area contributed by atoms with Crippen LogP contribution in [0.3, 0.4) is 0 Å². The molecular formula is C12H14F3NO3. The molecule has 0 aliphatic rings. The van der Waals surface area contributed by atoms with Gasteiger partial charge in [0, 0.05) is 7.05 Å². The maximum absolute atomic E-state index is 12.8. The molecule has 1 aromatic carbocycles. The molecule has 0 saturated carbocycles. The van der Waals surface area contributed by atoms with Crippen LogP contribution >= 0.6 is 0 Å². The zero-order valence-electron chi connectivity index (χ0n) is 10.3. The van der Waals surface area contributed by atoms with Crippen LogP contribution < -0.4 is 10.1 Å². The minimum atomic E-state index is -4.58. The molecule has 106 valence electrons. The van der Waals surface area contributed by atoms with Crippen LogP contribution in [0.5, 0.6) is 5.75 Å². The van der Waals surface area contributed by atoms with Crippen LogP contribution in [0.1, 0.15) is 17.5 Å². The zero-order chi connectivity index (χ0) is 14.5. The summed E-state index contributed by atoms with van der Waals surface area (Å²) in [5, 5.41) is 11.2. The van der Waals surface area contributed by atoms with Crippen molar-refractivity contribution < 1.29 is 27.8 Å². The largest absolute Gasteiger partial charge is 0.492 e. The van der Waals surface area contributed by atoms with Gasteiger partial charge in [-0.1, -0.05) is 6.07 Å². The number of carbonyl (C=O) groups is 1. The predicted octanol–water partition coefficient (Wildman–Crippen LogP) is 1.71. The summed E-state index contributed by atoms with van der Waals surface area (Å²) in [7, 11) is 1.43. The van der Waals surface area contributed by atoms with Gasteiger partial charge in [0.2, 0.25) is 5.91 Å². The second-order valence-electron chi connectivity index (χ2n) is 3.76. The molecule has 0 saturated heterocycles. The van der Waals surface area contributed by atoms with Crippen LogP contribution in [0, 0.1) is 0 Å².